The highest BCUT2D eigenvalue weighted by atomic mass is 15.2. The summed E-state index contributed by atoms with van der Waals surface area (Å²) in [6.07, 6.45) is 7.91. The predicted octanol–water partition coefficient (Wildman–Crippen LogP) is 4.91. The number of anilines is 3. The Balaban J connectivity index is 1.33. The van der Waals surface area contributed by atoms with Crippen molar-refractivity contribution in [2.75, 3.05) is 23.3 Å². The maximum atomic E-state index is 4.14. The van der Waals surface area contributed by atoms with E-state index < -0.39 is 0 Å². The quantitative estimate of drug-likeness (QED) is 0.535. The van der Waals surface area contributed by atoms with E-state index in [-0.39, 0.29) is 0 Å². The molecule has 1 aliphatic heterocycles. The number of fused-ring (bicyclic) bond motifs is 2. The van der Waals surface area contributed by atoms with Gasteiger partial charge in [-0.25, -0.2) is 0 Å². The van der Waals surface area contributed by atoms with E-state index in [0.29, 0.717) is 0 Å². The summed E-state index contributed by atoms with van der Waals surface area (Å²) in [5.74, 6) is 0. The van der Waals surface area contributed by atoms with Gasteiger partial charge >= 0.3 is 0 Å². The Kier molecular flexibility index (Phi) is 4.02. The first kappa shape index (κ1) is 15.9. The van der Waals surface area contributed by atoms with E-state index in [0.717, 1.165) is 25.9 Å². The van der Waals surface area contributed by atoms with E-state index in [1.807, 2.05) is 12.4 Å². The molecule has 0 fully saturated rings. The number of rotatable bonds is 5. The second-order valence-electron chi connectivity index (χ2n) is 6.95. The highest BCUT2D eigenvalue weighted by molar-refractivity contribution is 5.83. The van der Waals surface area contributed by atoms with Crippen LogP contribution in [0.5, 0.6) is 0 Å². The summed E-state index contributed by atoms with van der Waals surface area (Å²) in [6.45, 7) is 1.94. The average molecular weight is 354 g/mol. The molecular weight excluding hydrogens is 332 g/mol. The van der Waals surface area contributed by atoms with Crippen LogP contribution in [-0.4, -0.2) is 23.1 Å². The summed E-state index contributed by atoms with van der Waals surface area (Å²) in [7, 11) is 0. The molecule has 27 heavy (non-hydrogen) atoms. The Morgan fingerprint density at radius 3 is 2.81 bits per heavy atom. The number of nitrogens with one attached hydrogen (secondary N) is 2. The SMILES string of the molecule is c1cc(NCCc2c[nH]c3ccccc23)c2c(c1)N(c1ccncc1)CC2. The Morgan fingerprint density at radius 1 is 1.00 bits per heavy atom. The Morgan fingerprint density at radius 2 is 1.89 bits per heavy atom. The van der Waals surface area contributed by atoms with Crippen molar-refractivity contribution in [2.45, 2.75) is 12.8 Å². The van der Waals surface area contributed by atoms with Crippen LogP contribution >= 0.6 is 0 Å². The van der Waals surface area contributed by atoms with Crippen molar-refractivity contribution in [3.8, 4) is 0 Å². The normalized spacial score (nSPS) is 13.1. The van der Waals surface area contributed by atoms with Crippen molar-refractivity contribution in [2.24, 2.45) is 0 Å². The molecule has 0 atom stereocenters. The number of aromatic amines is 1. The Labute approximate surface area is 158 Å². The topological polar surface area (TPSA) is 44.0 Å². The van der Waals surface area contributed by atoms with Crippen molar-refractivity contribution in [1.29, 1.82) is 0 Å². The van der Waals surface area contributed by atoms with Gasteiger partial charge in [-0.05, 0) is 48.7 Å². The van der Waals surface area contributed by atoms with E-state index in [4.69, 9.17) is 0 Å². The lowest BCUT2D eigenvalue weighted by Gasteiger charge is -2.20. The average Bonchev–Trinajstić information content (AvgIpc) is 3.34. The molecule has 0 amide bonds. The number of H-pyrrole nitrogens is 1. The minimum absolute atomic E-state index is 0.924. The minimum atomic E-state index is 0.924. The molecule has 5 rings (SSSR count). The predicted molar refractivity (Wildman–Crippen MR) is 112 cm³/mol. The van der Waals surface area contributed by atoms with Gasteiger partial charge in [-0.15, -0.1) is 0 Å². The van der Waals surface area contributed by atoms with Crippen molar-refractivity contribution < 1.29 is 0 Å². The van der Waals surface area contributed by atoms with Crippen LogP contribution < -0.4 is 10.2 Å². The number of aromatic nitrogens is 2. The second-order valence-corrected chi connectivity index (χ2v) is 6.95. The molecule has 0 radical (unpaired) electrons. The van der Waals surface area contributed by atoms with E-state index in [9.17, 15) is 0 Å². The standard InChI is InChI=1S/C23H22N4/c1-2-5-21-19(4-1)17(16-26-21)8-14-25-22-6-3-7-23-20(22)11-15-27(23)18-9-12-24-13-10-18/h1-7,9-10,12-13,16,25-26H,8,11,14-15H2. The van der Waals surface area contributed by atoms with Gasteiger partial charge in [0.15, 0.2) is 0 Å². The fourth-order valence-electron chi connectivity index (χ4n) is 4.06. The van der Waals surface area contributed by atoms with Gasteiger partial charge < -0.3 is 15.2 Å². The zero-order valence-electron chi connectivity index (χ0n) is 15.2. The van der Waals surface area contributed by atoms with Gasteiger partial charge in [-0.1, -0.05) is 24.3 Å². The van der Waals surface area contributed by atoms with E-state index in [2.05, 4.69) is 81.0 Å². The first-order valence-corrected chi connectivity index (χ1v) is 9.48. The zero-order chi connectivity index (χ0) is 18.1. The van der Waals surface area contributed by atoms with Gasteiger partial charge in [0.05, 0.1) is 0 Å². The molecular formula is C23H22N4. The third kappa shape index (κ3) is 2.93. The fourth-order valence-corrected chi connectivity index (χ4v) is 4.06. The maximum Gasteiger partial charge on any atom is 0.0464 e. The zero-order valence-corrected chi connectivity index (χ0v) is 15.2. The third-order valence-electron chi connectivity index (χ3n) is 5.39. The van der Waals surface area contributed by atoms with Crippen molar-refractivity contribution in [3.63, 3.8) is 0 Å². The molecule has 134 valence electrons. The van der Waals surface area contributed by atoms with Gasteiger partial charge in [-0.2, -0.15) is 0 Å². The molecule has 1 aliphatic rings. The molecule has 0 unspecified atom stereocenters. The lowest BCUT2D eigenvalue weighted by Crippen LogP contribution is -2.12. The Hall–Kier alpha value is -3.27. The van der Waals surface area contributed by atoms with Gasteiger partial charge in [-0.3, -0.25) is 4.98 Å². The smallest absolute Gasteiger partial charge is 0.0464 e. The fraction of sp³-hybridized carbons (Fsp3) is 0.174. The molecule has 2 aromatic heterocycles. The molecule has 0 aliphatic carbocycles. The molecule has 0 bridgehead atoms. The molecule has 4 nitrogen and oxygen atoms in total. The molecule has 0 saturated heterocycles. The monoisotopic (exact) mass is 354 g/mol. The number of hydrogen-bond donors (Lipinski definition) is 2. The largest absolute Gasteiger partial charge is 0.384 e. The molecule has 4 heteroatoms. The summed E-state index contributed by atoms with van der Waals surface area (Å²) in [5.41, 5.74) is 7.75. The van der Waals surface area contributed by atoms with Crippen LogP contribution in [0.2, 0.25) is 0 Å². The lowest BCUT2D eigenvalue weighted by atomic mass is 10.1. The molecule has 3 heterocycles. The molecule has 0 saturated carbocycles. The summed E-state index contributed by atoms with van der Waals surface area (Å²) in [6, 6.07) is 19.2. The van der Waals surface area contributed by atoms with Crippen molar-refractivity contribution in [1.82, 2.24) is 9.97 Å². The highest BCUT2D eigenvalue weighted by Gasteiger charge is 2.22. The first-order valence-electron chi connectivity index (χ1n) is 9.48. The first-order chi connectivity index (χ1) is 13.4. The van der Waals surface area contributed by atoms with E-state index in [1.54, 1.807) is 0 Å². The van der Waals surface area contributed by atoms with Crippen LogP contribution in [0.3, 0.4) is 0 Å². The van der Waals surface area contributed by atoms with Gasteiger partial charge in [0.1, 0.15) is 0 Å². The van der Waals surface area contributed by atoms with Gasteiger partial charge in [0.2, 0.25) is 0 Å². The molecule has 2 N–H and O–H groups in total. The summed E-state index contributed by atoms with van der Waals surface area (Å²) < 4.78 is 0. The number of pyridine rings is 1. The van der Waals surface area contributed by atoms with Crippen LogP contribution in [0.25, 0.3) is 10.9 Å². The summed E-state index contributed by atoms with van der Waals surface area (Å²) in [4.78, 5) is 9.87. The van der Waals surface area contributed by atoms with Crippen LogP contribution in [-0.2, 0) is 12.8 Å². The van der Waals surface area contributed by atoms with Crippen LogP contribution in [0.1, 0.15) is 11.1 Å². The van der Waals surface area contributed by atoms with Gasteiger partial charge in [0.25, 0.3) is 0 Å². The minimum Gasteiger partial charge on any atom is -0.384 e. The number of benzene rings is 2. The number of para-hydroxylation sites is 1. The van der Waals surface area contributed by atoms with Crippen LogP contribution in [0, 0.1) is 0 Å². The van der Waals surface area contributed by atoms with Crippen molar-refractivity contribution >= 4 is 28.0 Å². The highest BCUT2D eigenvalue weighted by Crippen LogP contribution is 2.38. The summed E-state index contributed by atoms with van der Waals surface area (Å²) >= 11 is 0. The van der Waals surface area contributed by atoms with E-state index in [1.165, 1.54) is 39.1 Å². The lowest BCUT2D eigenvalue weighted by molar-refractivity contribution is 0.988. The molecule has 0 spiro atoms. The van der Waals surface area contributed by atoms with E-state index >= 15 is 0 Å². The van der Waals surface area contributed by atoms with Crippen molar-refractivity contribution in [3.05, 3.63) is 84.3 Å². The summed E-state index contributed by atoms with van der Waals surface area (Å²) in [5, 5.41) is 4.99. The third-order valence-corrected chi connectivity index (χ3v) is 5.39. The number of nitrogens with zero attached hydrogens (tertiary/aromatic N) is 2. The van der Waals surface area contributed by atoms with Crippen LogP contribution in [0.4, 0.5) is 17.1 Å². The maximum absolute atomic E-state index is 4.14. The second kappa shape index (κ2) is 6.80. The Bertz CT molecular complexity index is 1070. The van der Waals surface area contributed by atoms with Gasteiger partial charge in [0, 0.05) is 65.2 Å². The number of hydrogen-bond acceptors (Lipinski definition) is 3. The molecule has 2 aromatic carbocycles. The van der Waals surface area contributed by atoms with Crippen LogP contribution in [0.15, 0.2) is 73.2 Å². The molecule has 4 aromatic rings.